The zero-order valence-corrected chi connectivity index (χ0v) is 17.3. The summed E-state index contributed by atoms with van der Waals surface area (Å²) in [5.41, 5.74) is 5.06. The van der Waals surface area contributed by atoms with Gasteiger partial charge in [0.05, 0.1) is 18.9 Å². The van der Waals surface area contributed by atoms with Crippen molar-refractivity contribution >= 4 is 22.6 Å². The first kappa shape index (κ1) is 19.2. The molecule has 1 aliphatic heterocycles. The van der Waals surface area contributed by atoms with Crippen molar-refractivity contribution in [3.63, 3.8) is 0 Å². The Morgan fingerprint density at radius 2 is 2.07 bits per heavy atom. The van der Waals surface area contributed by atoms with Gasteiger partial charge >= 0.3 is 0 Å². The van der Waals surface area contributed by atoms with Gasteiger partial charge in [-0.05, 0) is 55.0 Å². The van der Waals surface area contributed by atoms with Crippen molar-refractivity contribution in [2.45, 2.75) is 38.8 Å². The number of morpholine rings is 1. The summed E-state index contributed by atoms with van der Waals surface area (Å²) in [7, 11) is 0. The third kappa shape index (κ3) is 4.08. The highest BCUT2D eigenvalue weighted by atomic mass is 16.5. The molecule has 0 atom stereocenters. The molecule has 7 heteroatoms. The predicted molar refractivity (Wildman–Crippen MR) is 115 cm³/mol. The van der Waals surface area contributed by atoms with E-state index in [1.165, 1.54) is 24.0 Å². The Labute approximate surface area is 176 Å². The summed E-state index contributed by atoms with van der Waals surface area (Å²) >= 11 is 0. The molecule has 1 aromatic carbocycles. The summed E-state index contributed by atoms with van der Waals surface area (Å²) in [6.07, 6.45) is 4.29. The van der Waals surface area contributed by atoms with Crippen molar-refractivity contribution in [3.05, 3.63) is 53.3 Å². The van der Waals surface area contributed by atoms with Gasteiger partial charge in [0.25, 0.3) is 0 Å². The first-order valence-corrected chi connectivity index (χ1v) is 10.7. The number of anilines is 1. The molecule has 0 bridgehead atoms. The van der Waals surface area contributed by atoms with Gasteiger partial charge in [-0.1, -0.05) is 12.1 Å². The summed E-state index contributed by atoms with van der Waals surface area (Å²) in [4.78, 5) is 19.6. The minimum absolute atomic E-state index is 0.0958. The van der Waals surface area contributed by atoms with E-state index in [4.69, 9.17) is 4.74 Å². The van der Waals surface area contributed by atoms with Crippen LogP contribution in [0, 0.1) is 6.92 Å². The Morgan fingerprint density at radius 3 is 2.87 bits per heavy atom. The zero-order valence-electron chi connectivity index (χ0n) is 17.3. The fourth-order valence-corrected chi connectivity index (χ4v) is 4.26. The maximum Gasteiger partial charge on any atom is 0.246 e. The average molecular weight is 406 g/mol. The van der Waals surface area contributed by atoms with Crippen molar-refractivity contribution in [2.75, 3.05) is 31.6 Å². The van der Waals surface area contributed by atoms with Crippen LogP contribution in [0.5, 0.6) is 0 Å². The van der Waals surface area contributed by atoms with Gasteiger partial charge in [0.15, 0.2) is 5.65 Å². The number of carbonyl (C=O) groups excluding carboxylic acids is 1. The summed E-state index contributed by atoms with van der Waals surface area (Å²) < 4.78 is 7.14. The molecule has 2 aliphatic rings. The minimum atomic E-state index is -0.0958. The Morgan fingerprint density at radius 1 is 1.23 bits per heavy atom. The van der Waals surface area contributed by atoms with E-state index < -0.39 is 0 Å². The lowest BCUT2D eigenvalue weighted by Crippen LogP contribution is -2.35. The lowest BCUT2D eigenvalue weighted by Gasteiger charge is -2.26. The lowest BCUT2D eigenvalue weighted by molar-refractivity contribution is -0.116. The van der Waals surface area contributed by atoms with Crippen molar-refractivity contribution in [3.8, 4) is 0 Å². The van der Waals surface area contributed by atoms with Gasteiger partial charge in [0.2, 0.25) is 5.91 Å². The molecule has 156 valence electrons. The number of amides is 1. The summed E-state index contributed by atoms with van der Waals surface area (Å²) in [5.74, 6) is 0.524. The van der Waals surface area contributed by atoms with E-state index in [9.17, 15) is 4.79 Å². The van der Waals surface area contributed by atoms with Gasteiger partial charge in [0.1, 0.15) is 6.54 Å². The average Bonchev–Trinajstić information content (AvgIpc) is 3.54. The van der Waals surface area contributed by atoms with Gasteiger partial charge in [-0.2, -0.15) is 5.10 Å². The van der Waals surface area contributed by atoms with E-state index in [2.05, 4.69) is 32.4 Å². The predicted octanol–water partition coefficient (Wildman–Crippen LogP) is 3.09. The summed E-state index contributed by atoms with van der Waals surface area (Å²) in [6.45, 7) is 6.47. The molecule has 30 heavy (non-hydrogen) atoms. The van der Waals surface area contributed by atoms with Gasteiger partial charge < -0.3 is 10.1 Å². The maximum absolute atomic E-state index is 12.7. The molecule has 3 heterocycles. The molecule has 0 radical (unpaired) electrons. The van der Waals surface area contributed by atoms with Crippen LogP contribution in [0.1, 0.15) is 35.6 Å². The third-order valence-corrected chi connectivity index (χ3v) is 5.87. The van der Waals surface area contributed by atoms with Gasteiger partial charge in [-0.3, -0.25) is 9.69 Å². The SMILES string of the molecule is Cc1nn(CC(=O)Nc2cccc(CN3CCOCC3)c2)c2nccc(C3CC3)c12. The van der Waals surface area contributed by atoms with Crippen molar-refractivity contribution in [2.24, 2.45) is 0 Å². The Kier molecular flexibility index (Phi) is 5.23. The standard InChI is InChI=1S/C23H27N5O2/c1-16-22-20(18-5-6-18)7-8-24-23(22)28(26-16)15-21(29)25-19-4-2-3-17(13-19)14-27-9-11-30-12-10-27/h2-4,7-8,13,18H,5-6,9-12,14-15H2,1H3,(H,25,29). The zero-order chi connectivity index (χ0) is 20.5. The molecular weight excluding hydrogens is 378 g/mol. The van der Waals surface area contributed by atoms with Crippen LogP contribution < -0.4 is 5.32 Å². The van der Waals surface area contributed by atoms with Crippen LogP contribution in [0.15, 0.2) is 36.5 Å². The number of fused-ring (bicyclic) bond motifs is 1. The molecule has 0 spiro atoms. The number of benzene rings is 1. The number of nitrogens with one attached hydrogen (secondary N) is 1. The number of aromatic nitrogens is 3. The fourth-order valence-electron chi connectivity index (χ4n) is 4.26. The Bertz CT molecular complexity index is 1070. The van der Waals surface area contributed by atoms with Crippen molar-refractivity contribution in [1.29, 1.82) is 0 Å². The van der Waals surface area contributed by atoms with Crippen LogP contribution in [0.25, 0.3) is 11.0 Å². The number of carbonyl (C=O) groups is 1. The van der Waals surface area contributed by atoms with Gasteiger partial charge in [-0.15, -0.1) is 0 Å². The highest BCUT2D eigenvalue weighted by Crippen LogP contribution is 2.43. The molecule has 2 aromatic heterocycles. The number of pyridine rings is 1. The molecule has 7 nitrogen and oxygen atoms in total. The fraction of sp³-hybridized carbons (Fsp3) is 0.435. The third-order valence-electron chi connectivity index (χ3n) is 5.87. The second kappa shape index (κ2) is 8.16. The maximum atomic E-state index is 12.7. The van der Waals surface area contributed by atoms with Crippen LogP contribution >= 0.6 is 0 Å². The van der Waals surface area contributed by atoms with Gasteiger partial charge in [-0.25, -0.2) is 9.67 Å². The number of aryl methyl sites for hydroxylation is 1. The summed E-state index contributed by atoms with van der Waals surface area (Å²) in [5, 5.41) is 8.74. The monoisotopic (exact) mass is 405 g/mol. The van der Waals surface area contributed by atoms with Crippen LogP contribution in [-0.2, 0) is 22.6 Å². The van der Waals surface area contributed by atoms with Crippen molar-refractivity contribution in [1.82, 2.24) is 19.7 Å². The molecule has 2 fully saturated rings. The van der Waals surface area contributed by atoms with E-state index in [1.54, 1.807) is 4.68 Å². The smallest absolute Gasteiger partial charge is 0.246 e. The highest BCUT2D eigenvalue weighted by molar-refractivity contribution is 5.92. The molecule has 5 rings (SSSR count). The number of nitrogens with zero attached hydrogens (tertiary/aromatic N) is 4. The molecule has 1 saturated heterocycles. The van der Waals surface area contributed by atoms with E-state index in [0.29, 0.717) is 5.92 Å². The van der Waals surface area contributed by atoms with Crippen LogP contribution in [0.3, 0.4) is 0 Å². The van der Waals surface area contributed by atoms with E-state index >= 15 is 0 Å². The minimum Gasteiger partial charge on any atom is -0.379 e. The van der Waals surface area contributed by atoms with Crippen LogP contribution in [0.4, 0.5) is 5.69 Å². The van der Waals surface area contributed by atoms with E-state index in [0.717, 1.165) is 55.3 Å². The molecule has 1 N–H and O–H groups in total. The normalized spacial score (nSPS) is 17.4. The molecule has 3 aromatic rings. The first-order chi connectivity index (χ1) is 14.7. The summed E-state index contributed by atoms with van der Waals surface area (Å²) in [6, 6.07) is 10.2. The molecule has 0 unspecified atom stereocenters. The highest BCUT2D eigenvalue weighted by Gasteiger charge is 2.27. The van der Waals surface area contributed by atoms with E-state index in [1.807, 2.05) is 31.3 Å². The molecule has 1 amide bonds. The number of rotatable bonds is 6. The largest absolute Gasteiger partial charge is 0.379 e. The van der Waals surface area contributed by atoms with E-state index in [-0.39, 0.29) is 12.5 Å². The second-order valence-electron chi connectivity index (χ2n) is 8.25. The Balaban J connectivity index is 1.28. The second-order valence-corrected chi connectivity index (χ2v) is 8.25. The van der Waals surface area contributed by atoms with Crippen LogP contribution in [0.2, 0.25) is 0 Å². The number of ether oxygens (including phenoxy) is 1. The molecule has 1 saturated carbocycles. The lowest BCUT2D eigenvalue weighted by atomic mass is 10.1. The molecular formula is C23H27N5O2. The Hall–Kier alpha value is -2.77. The first-order valence-electron chi connectivity index (χ1n) is 10.7. The molecule has 1 aliphatic carbocycles. The van der Waals surface area contributed by atoms with Crippen LogP contribution in [-0.4, -0.2) is 51.9 Å². The topological polar surface area (TPSA) is 72.3 Å². The van der Waals surface area contributed by atoms with Gasteiger partial charge in [0, 0.05) is 36.9 Å². The number of hydrogen-bond donors (Lipinski definition) is 1. The number of hydrogen-bond acceptors (Lipinski definition) is 5. The van der Waals surface area contributed by atoms with Crippen molar-refractivity contribution < 1.29 is 9.53 Å². The quantitative estimate of drug-likeness (QED) is 0.682.